The van der Waals surface area contributed by atoms with Crippen molar-refractivity contribution in [2.75, 3.05) is 14.2 Å². The van der Waals surface area contributed by atoms with Gasteiger partial charge in [0.2, 0.25) is 0 Å². The van der Waals surface area contributed by atoms with Crippen LogP contribution in [0, 0.1) is 0 Å². The fraction of sp³-hybridized carbons (Fsp3) is 0.286. The van der Waals surface area contributed by atoms with E-state index in [9.17, 15) is 0 Å². The molecule has 1 aromatic rings. The summed E-state index contributed by atoms with van der Waals surface area (Å²) in [6.07, 6.45) is 0. The minimum absolute atomic E-state index is 0.660. The number of aromatic nitrogens is 1. The summed E-state index contributed by atoms with van der Waals surface area (Å²) in [4.78, 5) is 4.20. The van der Waals surface area contributed by atoms with Crippen LogP contribution in [0.1, 0.15) is 0 Å². The predicted octanol–water partition coefficient (Wildman–Crippen LogP) is -2.38. The molecule has 1 heterocycles. The molecule has 12 heavy (non-hydrogen) atoms. The predicted molar refractivity (Wildman–Crippen MR) is 53.7 cm³/mol. The van der Waals surface area contributed by atoms with Crippen molar-refractivity contribution in [1.29, 1.82) is 0 Å². The summed E-state index contributed by atoms with van der Waals surface area (Å²) >= 11 is 3.02. The van der Waals surface area contributed by atoms with E-state index in [2.05, 4.69) is 4.98 Å². The van der Waals surface area contributed by atoms with E-state index < -0.39 is 0 Å². The second-order valence-electron chi connectivity index (χ2n) is 2.19. The van der Waals surface area contributed by atoms with Crippen molar-refractivity contribution in [3.63, 3.8) is 0 Å². The minimum atomic E-state index is 0.660. The molecule has 2 unspecified atom stereocenters. The Labute approximate surface area is 88.8 Å². The Morgan fingerprint density at radius 2 is 1.50 bits per heavy atom. The molecule has 0 fully saturated rings. The van der Waals surface area contributed by atoms with Gasteiger partial charge in [-0.1, -0.05) is 0 Å². The van der Waals surface area contributed by atoms with E-state index in [-0.39, 0.29) is 0 Å². The van der Waals surface area contributed by atoms with E-state index in [4.69, 9.17) is 9.47 Å². The molecular formula is C7H11As2NO2. The van der Waals surface area contributed by atoms with Crippen molar-refractivity contribution in [3.05, 3.63) is 6.07 Å². The van der Waals surface area contributed by atoms with E-state index in [0.717, 1.165) is 8.70 Å². The van der Waals surface area contributed by atoms with Gasteiger partial charge in [-0.3, -0.25) is 0 Å². The summed E-state index contributed by atoms with van der Waals surface area (Å²) in [5, 5.41) is 0. The van der Waals surface area contributed by atoms with Gasteiger partial charge in [0.25, 0.3) is 0 Å². The van der Waals surface area contributed by atoms with Crippen LogP contribution < -0.4 is 18.2 Å². The average Bonchev–Trinajstić information content (AvgIpc) is 2.05. The van der Waals surface area contributed by atoms with Crippen LogP contribution in [-0.2, 0) is 0 Å². The third-order valence-corrected chi connectivity index (χ3v) is 3.13. The Bertz CT molecular complexity index is 266. The Morgan fingerprint density at radius 1 is 1.08 bits per heavy atom. The van der Waals surface area contributed by atoms with Gasteiger partial charge in [-0.05, 0) is 0 Å². The number of hydrogen-bond donors (Lipinski definition) is 0. The maximum absolute atomic E-state index is 5.07. The molecule has 0 spiro atoms. The van der Waals surface area contributed by atoms with Crippen LogP contribution in [0.5, 0.6) is 11.8 Å². The van der Waals surface area contributed by atoms with Gasteiger partial charge in [0.15, 0.2) is 0 Å². The summed E-state index contributed by atoms with van der Waals surface area (Å²) < 4.78 is 12.4. The first-order chi connectivity index (χ1) is 5.69. The summed E-state index contributed by atoms with van der Waals surface area (Å²) in [5.74, 6) is 1.32. The van der Waals surface area contributed by atoms with E-state index in [1.165, 1.54) is 33.7 Å². The van der Waals surface area contributed by atoms with Gasteiger partial charge >= 0.3 is 88.9 Å². The van der Waals surface area contributed by atoms with Crippen molar-refractivity contribution < 1.29 is 9.47 Å². The third-order valence-electron chi connectivity index (χ3n) is 1.39. The van der Waals surface area contributed by atoms with Crippen molar-refractivity contribution in [1.82, 2.24) is 4.98 Å². The molecule has 2 atom stereocenters. The monoisotopic (exact) mass is 291 g/mol. The zero-order chi connectivity index (χ0) is 9.14. The van der Waals surface area contributed by atoms with Crippen LogP contribution in [0.25, 0.3) is 0 Å². The van der Waals surface area contributed by atoms with Crippen LogP contribution in [0.15, 0.2) is 6.07 Å². The molecule has 0 saturated heterocycles. The van der Waals surface area contributed by atoms with Crippen molar-refractivity contribution in [3.8, 4) is 11.8 Å². The molecule has 0 bridgehead atoms. The molecule has 0 aliphatic rings. The molecule has 0 radical (unpaired) electrons. The molecule has 3 nitrogen and oxygen atoms in total. The molecule has 66 valence electrons. The van der Waals surface area contributed by atoms with E-state index in [0.29, 0.717) is 11.8 Å². The van der Waals surface area contributed by atoms with Gasteiger partial charge in [-0.25, -0.2) is 0 Å². The summed E-state index contributed by atoms with van der Waals surface area (Å²) in [7, 11) is 3.23. The average molecular weight is 291 g/mol. The van der Waals surface area contributed by atoms with Crippen molar-refractivity contribution in [2.45, 2.75) is 0 Å². The van der Waals surface area contributed by atoms with Gasteiger partial charge in [0.1, 0.15) is 0 Å². The molecule has 0 N–H and O–H groups in total. The van der Waals surface area contributed by atoms with Crippen LogP contribution in [0.2, 0.25) is 0 Å². The Morgan fingerprint density at radius 3 is 1.83 bits per heavy atom. The number of pyridine rings is 1. The zero-order valence-corrected chi connectivity index (χ0v) is 11.8. The quantitative estimate of drug-likeness (QED) is 0.570. The molecule has 0 aliphatic heterocycles. The molecule has 0 amide bonds. The Hall–Kier alpha value is -0.133. The summed E-state index contributed by atoms with van der Waals surface area (Å²) in [6, 6.07) is 2.05. The Balaban J connectivity index is 3.18. The third kappa shape index (κ3) is 1.97. The SMILES string of the molecule is COc1nc(OC)c([AsH2])cc1[AsH2]. The second kappa shape index (κ2) is 4.20. The zero-order valence-electron chi connectivity index (χ0n) is 7.00. The molecule has 1 aromatic heterocycles. The fourth-order valence-corrected chi connectivity index (χ4v) is 3.21. The second-order valence-corrected chi connectivity index (χ2v) is 4.80. The molecular weight excluding hydrogens is 280 g/mol. The first kappa shape index (κ1) is 9.95. The number of nitrogens with zero attached hydrogens (tertiary/aromatic N) is 1. The topological polar surface area (TPSA) is 31.4 Å². The van der Waals surface area contributed by atoms with E-state index in [1.807, 2.05) is 6.07 Å². The van der Waals surface area contributed by atoms with Crippen LogP contribution in [-0.4, -0.2) is 52.9 Å². The van der Waals surface area contributed by atoms with Crippen LogP contribution in [0.3, 0.4) is 0 Å². The standard InChI is InChI=1S/C7H11As2NO2/c1-11-6-4(8)3-5(9)7(10-6)12-2/h3H,8-9H2,1-2H3. The summed E-state index contributed by atoms with van der Waals surface area (Å²) in [6.45, 7) is 0. The van der Waals surface area contributed by atoms with Gasteiger partial charge in [0.05, 0.1) is 0 Å². The maximum atomic E-state index is 5.07. The van der Waals surface area contributed by atoms with Gasteiger partial charge in [-0.15, -0.1) is 0 Å². The van der Waals surface area contributed by atoms with Crippen LogP contribution >= 0.6 is 0 Å². The molecule has 5 heteroatoms. The van der Waals surface area contributed by atoms with Gasteiger partial charge < -0.3 is 0 Å². The van der Waals surface area contributed by atoms with Crippen molar-refractivity contribution in [2.24, 2.45) is 0 Å². The molecule has 0 saturated carbocycles. The number of hydrogen-bond acceptors (Lipinski definition) is 3. The van der Waals surface area contributed by atoms with Crippen molar-refractivity contribution >= 4 is 42.4 Å². The Kier molecular flexibility index (Phi) is 3.48. The normalized spacial score (nSPS) is 9.67. The van der Waals surface area contributed by atoms with Gasteiger partial charge in [0, 0.05) is 0 Å². The number of methoxy groups -OCH3 is 2. The number of rotatable bonds is 2. The molecule has 0 aromatic carbocycles. The fourth-order valence-electron chi connectivity index (χ4n) is 0.839. The van der Waals surface area contributed by atoms with Crippen LogP contribution in [0.4, 0.5) is 0 Å². The first-order valence-electron chi connectivity index (χ1n) is 3.33. The summed E-state index contributed by atoms with van der Waals surface area (Å²) in [5.41, 5.74) is 0. The molecule has 1 rings (SSSR count). The molecule has 0 aliphatic carbocycles. The van der Waals surface area contributed by atoms with Gasteiger partial charge in [-0.2, -0.15) is 0 Å². The first-order valence-corrected chi connectivity index (χ1v) is 5.75. The van der Waals surface area contributed by atoms with E-state index >= 15 is 0 Å². The van der Waals surface area contributed by atoms with E-state index in [1.54, 1.807) is 14.2 Å². The number of ether oxygens (including phenoxy) is 2.